The molecular formula is C22H28N4O2. The fourth-order valence-corrected chi connectivity index (χ4v) is 4.15. The first kappa shape index (κ1) is 18.9. The molecule has 4 rings (SSSR count). The highest BCUT2D eigenvalue weighted by Gasteiger charge is 2.35. The van der Waals surface area contributed by atoms with Crippen LogP contribution < -0.4 is 16.2 Å². The Morgan fingerprint density at radius 2 is 1.96 bits per heavy atom. The SMILES string of the molecule is CC(C)C1CC(C(=O)NC2CC(=O)N(Cc3cccc4ccccc34)C2)NN1. The zero-order valence-electron chi connectivity index (χ0n) is 16.4. The number of rotatable bonds is 5. The van der Waals surface area contributed by atoms with Crippen molar-refractivity contribution in [3.63, 3.8) is 0 Å². The Labute approximate surface area is 165 Å². The van der Waals surface area contributed by atoms with Crippen LogP contribution in [-0.4, -0.2) is 41.4 Å². The summed E-state index contributed by atoms with van der Waals surface area (Å²) in [5.41, 5.74) is 7.41. The lowest BCUT2D eigenvalue weighted by atomic mass is 9.99. The number of hydrogen-bond donors (Lipinski definition) is 3. The number of nitrogens with zero attached hydrogens (tertiary/aromatic N) is 1. The standard InChI is InChI=1S/C22H28N4O2/c1-14(2)19-11-20(25-24-19)22(28)23-17-10-21(27)26(13-17)12-16-8-5-7-15-6-3-4-9-18(15)16/h3-9,14,17,19-20,24-25H,10-13H2,1-2H3,(H,23,28). The summed E-state index contributed by atoms with van der Waals surface area (Å²) in [6, 6.07) is 14.3. The first-order chi connectivity index (χ1) is 13.5. The van der Waals surface area contributed by atoms with Crippen molar-refractivity contribution in [3.8, 4) is 0 Å². The van der Waals surface area contributed by atoms with Gasteiger partial charge >= 0.3 is 0 Å². The Morgan fingerprint density at radius 1 is 1.18 bits per heavy atom. The average molecular weight is 380 g/mol. The Kier molecular flexibility index (Phi) is 5.33. The van der Waals surface area contributed by atoms with Gasteiger partial charge in [0, 0.05) is 25.6 Å². The van der Waals surface area contributed by atoms with E-state index < -0.39 is 0 Å². The molecule has 2 fully saturated rings. The zero-order chi connectivity index (χ0) is 19.7. The molecule has 0 spiro atoms. The van der Waals surface area contributed by atoms with Crippen molar-refractivity contribution >= 4 is 22.6 Å². The fraction of sp³-hybridized carbons (Fsp3) is 0.455. The van der Waals surface area contributed by atoms with Gasteiger partial charge in [0.25, 0.3) is 0 Å². The van der Waals surface area contributed by atoms with E-state index in [9.17, 15) is 9.59 Å². The average Bonchev–Trinajstić information content (AvgIpc) is 3.30. The number of benzene rings is 2. The molecule has 0 radical (unpaired) electrons. The molecule has 2 saturated heterocycles. The van der Waals surface area contributed by atoms with Crippen LogP contribution in [0.4, 0.5) is 0 Å². The highest BCUT2D eigenvalue weighted by atomic mass is 16.2. The molecule has 3 N–H and O–H groups in total. The smallest absolute Gasteiger partial charge is 0.238 e. The largest absolute Gasteiger partial charge is 0.350 e. The summed E-state index contributed by atoms with van der Waals surface area (Å²) in [7, 11) is 0. The molecule has 0 bridgehead atoms. The molecule has 2 aliphatic rings. The van der Waals surface area contributed by atoms with Gasteiger partial charge in [-0.05, 0) is 28.7 Å². The van der Waals surface area contributed by atoms with Gasteiger partial charge in [0.1, 0.15) is 6.04 Å². The van der Waals surface area contributed by atoms with Crippen molar-refractivity contribution < 1.29 is 9.59 Å². The van der Waals surface area contributed by atoms with Crippen LogP contribution in [0, 0.1) is 5.92 Å². The van der Waals surface area contributed by atoms with Crippen LogP contribution in [0.25, 0.3) is 10.8 Å². The number of carbonyl (C=O) groups is 2. The van der Waals surface area contributed by atoms with Gasteiger partial charge in [-0.15, -0.1) is 0 Å². The van der Waals surface area contributed by atoms with Crippen LogP contribution in [0.1, 0.15) is 32.3 Å². The maximum Gasteiger partial charge on any atom is 0.238 e. The second kappa shape index (κ2) is 7.89. The quantitative estimate of drug-likeness (QED) is 0.741. The lowest BCUT2D eigenvalue weighted by Crippen LogP contribution is -2.47. The van der Waals surface area contributed by atoms with Crippen molar-refractivity contribution in [2.45, 2.75) is 51.4 Å². The Morgan fingerprint density at radius 3 is 2.75 bits per heavy atom. The maximum atomic E-state index is 12.6. The topological polar surface area (TPSA) is 73.5 Å². The summed E-state index contributed by atoms with van der Waals surface area (Å²) < 4.78 is 0. The molecule has 28 heavy (non-hydrogen) atoms. The number of hydrazine groups is 1. The molecule has 0 aliphatic carbocycles. The minimum Gasteiger partial charge on any atom is -0.350 e. The highest BCUT2D eigenvalue weighted by Crippen LogP contribution is 2.23. The van der Waals surface area contributed by atoms with Gasteiger partial charge in [-0.1, -0.05) is 56.3 Å². The third-order valence-corrected chi connectivity index (χ3v) is 5.86. The molecule has 6 heteroatoms. The Bertz CT molecular complexity index is 876. The van der Waals surface area contributed by atoms with Gasteiger partial charge in [0.15, 0.2) is 0 Å². The van der Waals surface area contributed by atoms with E-state index in [0.717, 1.165) is 12.0 Å². The summed E-state index contributed by atoms with van der Waals surface area (Å²) in [5, 5.41) is 5.41. The maximum absolute atomic E-state index is 12.6. The van der Waals surface area contributed by atoms with Crippen LogP contribution in [0.3, 0.4) is 0 Å². The van der Waals surface area contributed by atoms with E-state index in [1.807, 2.05) is 23.1 Å². The van der Waals surface area contributed by atoms with Crippen molar-refractivity contribution in [1.82, 2.24) is 21.1 Å². The van der Waals surface area contributed by atoms with E-state index in [1.165, 1.54) is 10.8 Å². The molecule has 0 saturated carbocycles. The van der Waals surface area contributed by atoms with Crippen molar-refractivity contribution in [3.05, 3.63) is 48.0 Å². The van der Waals surface area contributed by atoms with Gasteiger partial charge in [0.2, 0.25) is 11.8 Å². The molecule has 2 aromatic rings. The molecular weight excluding hydrogens is 352 g/mol. The third-order valence-electron chi connectivity index (χ3n) is 5.86. The van der Waals surface area contributed by atoms with Gasteiger partial charge < -0.3 is 10.2 Å². The predicted molar refractivity (Wildman–Crippen MR) is 109 cm³/mol. The van der Waals surface area contributed by atoms with Crippen molar-refractivity contribution in [2.75, 3.05) is 6.54 Å². The number of amides is 2. The second-order valence-corrected chi connectivity index (χ2v) is 8.25. The van der Waals surface area contributed by atoms with Crippen molar-refractivity contribution in [2.24, 2.45) is 5.92 Å². The van der Waals surface area contributed by atoms with Crippen molar-refractivity contribution in [1.29, 1.82) is 0 Å². The first-order valence-corrected chi connectivity index (χ1v) is 10.1. The minimum atomic E-state index is -0.241. The molecule has 6 nitrogen and oxygen atoms in total. The van der Waals surface area contributed by atoms with E-state index in [4.69, 9.17) is 0 Å². The van der Waals surface area contributed by atoms with Gasteiger partial charge in [-0.3, -0.25) is 15.0 Å². The molecule has 2 aromatic carbocycles. The van der Waals surface area contributed by atoms with E-state index >= 15 is 0 Å². The van der Waals surface area contributed by atoms with E-state index in [0.29, 0.717) is 31.5 Å². The second-order valence-electron chi connectivity index (χ2n) is 8.25. The number of fused-ring (bicyclic) bond motifs is 1. The van der Waals surface area contributed by atoms with Crippen LogP contribution >= 0.6 is 0 Å². The highest BCUT2D eigenvalue weighted by molar-refractivity contribution is 5.87. The van der Waals surface area contributed by atoms with Gasteiger partial charge in [-0.2, -0.15) is 0 Å². The number of carbonyl (C=O) groups excluding carboxylic acids is 2. The summed E-state index contributed by atoms with van der Waals surface area (Å²) >= 11 is 0. The lowest BCUT2D eigenvalue weighted by Gasteiger charge is -2.19. The normalized spacial score (nSPS) is 25.0. The minimum absolute atomic E-state index is 0.0274. The number of nitrogens with one attached hydrogen (secondary N) is 3. The molecule has 3 unspecified atom stereocenters. The molecule has 148 valence electrons. The van der Waals surface area contributed by atoms with Gasteiger partial charge in [0.05, 0.1) is 6.04 Å². The number of likely N-dealkylation sites (tertiary alicyclic amines) is 1. The Hall–Kier alpha value is -2.44. The summed E-state index contributed by atoms with van der Waals surface area (Å²) in [4.78, 5) is 26.9. The molecule has 3 atom stereocenters. The zero-order valence-corrected chi connectivity index (χ0v) is 16.4. The summed E-state index contributed by atoms with van der Waals surface area (Å²) in [6.45, 7) is 5.41. The molecule has 2 heterocycles. The monoisotopic (exact) mass is 380 g/mol. The molecule has 2 aliphatic heterocycles. The third kappa shape index (κ3) is 3.88. The predicted octanol–water partition coefficient (Wildman–Crippen LogP) is 1.95. The number of hydrogen-bond acceptors (Lipinski definition) is 4. The van der Waals surface area contributed by atoms with E-state index in [2.05, 4.69) is 54.3 Å². The molecule has 0 aromatic heterocycles. The summed E-state index contributed by atoms with van der Waals surface area (Å²) in [5.74, 6) is 0.533. The van der Waals surface area contributed by atoms with Crippen LogP contribution in [0.15, 0.2) is 42.5 Å². The van der Waals surface area contributed by atoms with Crippen LogP contribution in [0.2, 0.25) is 0 Å². The first-order valence-electron chi connectivity index (χ1n) is 10.1. The fourth-order valence-electron chi connectivity index (χ4n) is 4.15. The van der Waals surface area contributed by atoms with E-state index in [1.54, 1.807) is 0 Å². The van der Waals surface area contributed by atoms with Crippen LogP contribution in [-0.2, 0) is 16.1 Å². The van der Waals surface area contributed by atoms with Gasteiger partial charge in [-0.25, -0.2) is 5.43 Å². The Balaban J connectivity index is 1.37. The van der Waals surface area contributed by atoms with Crippen LogP contribution in [0.5, 0.6) is 0 Å². The lowest BCUT2D eigenvalue weighted by molar-refractivity contribution is -0.128. The summed E-state index contributed by atoms with van der Waals surface area (Å²) in [6.07, 6.45) is 1.13. The molecule has 2 amide bonds. The van der Waals surface area contributed by atoms with E-state index in [-0.39, 0.29) is 23.9 Å².